The minimum Gasteiger partial charge on any atom is -0.496 e. The lowest BCUT2D eigenvalue weighted by Gasteiger charge is -2.36. The zero-order chi connectivity index (χ0) is 19.1. The van der Waals surface area contributed by atoms with E-state index in [2.05, 4.69) is 15.8 Å². The topological polar surface area (TPSA) is 55.0 Å². The van der Waals surface area contributed by atoms with E-state index in [-0.39, 0.29) is 18.7 Å². The van der Waals surface area contributed by atoms with Gasteiger partial charge in [-0.15, -0.1) is 0 Å². The molecule has 3 atom stereocenters. The summed E-state index contributed by atoms with van der Waals surface area (Å²) in [6.45, 7) is 2.85. The van der Waals surface area contributed by atoms with Gasteiger partial charge in [-0.1, -0.05) is 18.2 Å². The van der Waals surface area contributed by atoms with Gasteiger partial charge in [0, 0.05) is 48.8 Å². The number of halogens is 1. The Hall–Kier alpha value is -2.35. The maximum Gasteiger partial charge on any atom is 0.231 e. The molecule has 2 aromatic carbocycles. The SMILES string of the molecule is COc1cc2c(cc1CN1CCC3NNC(c4ccccc4F)C3C1)OCO2. The molecule has 0 radical (unpaired) electrons. The highest BCUT2D eigenvalue weighted by Crippen LogP contribution is 2.40. The van der Waals surface area contributed by atoms with Crippen molar-refractivity contribution in [3.63, 3.8) is 0 Å². The largest absolute Gasteiger partial charge is 0.496 e. The van der Waals surface area contributed by atoms with Crippen LogP contribution in [0.2, 0.25) is 0 Å². The van der Waals surface area contributed by atoms with E-state index >= 15 is 0 Å². The van der Waals surface area contributed by atoms with Gasteiger partial charge in [0.05, 0.1) is 13.2 Å². The Morgan fingerprint density at radius 3 is 2.82 bits per heavy atom. The molecule has 2 N–H and O–H groups in total. The Labute approximate surface area is 163 Å². The first-order valence-corrected chi connectivity index (χ1v) is 9.67. The predicted molar refractivity (Wildman–Crippen MR) is 102 cm³/mol. The van der Waals surface area contributed by atoms with Crippen LogP contribution in [0, 0.1) is 11.7 Å². The third-order valence-corrected chi connectivity index (χ3v) is 6.00. The van der Waals surface area contributed by atoms with Crippen molar-refractivity contribution in [2.75, 3.05) is 27.0 Å². The summed E-state index contributed by atoms with van der Waals surface area (Å²) in [6.07, 6.45) is 1.01. The molecule has 2 saturated heterocycles. The highest BCUT2D eigenvalue weighted by Gasteiger charge is 2.41. The first kappa shape index (κ1) is 17.7. The van der Waals surface area contributed by atoms with Crippen LogP contribution in [0.25, 0.3) is 0 Å². The molecule has 0 aromatic heterocycles. The van der Waals surface area contributed by atoms with Gasteiger partial charge in [-0.05, 0) is 18.6 Å². The second-order valence-corrected chi connectivity index (χ2v) is 7.60. The van der Waals surface area contributed by atoms with Crippen LogP contribution < -0.4 is 25.1 Å². The molecule has 0 aliphatic carbocycles. The zero-order valence-electron chi connectivity index (χ0n) is 15.8. The van der Waals surface area contributed by atoms with E-state index in [0.717, 1.165) is 54.4 Å². The Bertz CT molecular complexity index is 878. The number of hydrazine groups is 1. The summed E-state index contributed by atoms with van der Waals surface area (Å²) < 4.78 is 30.9. The Morgan fingerprint density at radius 2 is 2.00 bits per heavy atom. The summed E-state index contributed by atoms with van der Waals surface area (Å²) >= 11 is 0. The van der Waals surface area contributed by atoms with Gasteiger partial charge in [-0.25, -0.2) is 9.82 Å². The first-order valence-electron chi connectivity index (χ1n) is 9.67. The highest BCUT2D eigenvalue weighted by molar-refractivity contribution is 5.51. The second kappa shape index (κ2) is 7.24. The average molecular weight is 385 g/mol. The minimum absolute atomic E-state index is 0.0346. The van der Waals surface area contributed by atoms with Gasteiger partial charge < -0.3 is 14.2 Å². The van der Waals surface area contributed by atoms with Gasteiger partial charge in [0.1, 0.15) is 11.6 Å². The van der Waals surface area contributed by atoms with Crippen molar-refractivity contribution >= 4 is 0 Å². The molecule has 148 valence electrons. The molecule has 7 heteroatoms. The maximum absolute atomic E-state index is 14.3. The quantitative estimate of drug-likeness (QED) is 0.844. The van der Waals surface area contributed by atoms with E-state index in [1.54, 1.807) is 13.2 Å². The number of nitrogens with zero attached hydrogens (tertiary/aromatic N) is 1. The third-order valence-electron chi connectivity index (χ3n) is 6.00. The molecule has 2 aromatic rings. The van der Waals surface area contributed by atoms with E-state index in [0.29, 0.717) is 12.0 Å². The Balaban J connectivity index is 1.35. The summed E-state index contributed by atoms with van der Waals surface area (Å²) in [6, 6.07) is 11.2. The summed E-state index contributed by atoms with van der Waals surface area (Å²) in [5, 5.41) is 0. The number of benzene rings is 2. The number of nitrogens with one attached hydrogen (secondary N) is 2. The summed E-state index contributed by atoms with van der Waals surface area (Å²) in [5.74, 6) is 2.43. The number of rotatable bonds is 4. The van der Waals surface area contributed by atoms with Gasteiger partial charge in [0.15, 0.2) is 11.5 Å². The maximum atomic E-state index is 14.3. The summed E-state index contributed by atoms with van der Waals surface area (Å²) in [5.41, 5.74) is 8.49. The predicted octanol–water partition coefficient (Wildman–Crippen LogP) is 2.60. The Kier molecular flexibility index (Phi) is 4.58. The normalized spacial score (nSPS) is 26.3. The molecule has 0 spiro atoms. The van der Waals surface area contributed by atoms with Crippen LogP contribution >= 0.6 is 0 Å². The molecule has 0 saturated carbocycles. The summed E-state index contributed by atoms with van der Waals surface area (Å²) in [4.78, 5) is 2.41. The molecule has 0 amide bonds. The van der Waals surface area contributed by atoms with Gasteiger partial charge in [0.2, 0.25) is 6.79 Å². The fourth-order valence-electron chi connectivity index (χ4n) is 4.57. The lowest BCUT2D eigenvalue weighted by molar-refractivity contribution is 0.146. The van der Waals surface area contributed by atoms with Crippen LogP contribution in [0.15, 0.2) is 36.4 Å². The molecule has 3 unspecified atom stereocenters. The molecule has 0 bridgehead atoms. The Morgan fingerprint density at radius 1 is 1.18 bits per heavy atom. The molecular weight excluding hydrogens is 361 g/mol. The zero-order valence-corrected chi connectivity index (χ0v) is 15.8. The van der Waals surface area contributed by atoms with E-state index in [1.807, 2.05) is 24.3 Å². The number of hydrogen-bond donors (Lipinski definition) is 2. The number of ether oxygens (including phenoxy) is 3. The van der Waals surface area contributed by atoms with Crippen molar-refractivity contribution in [3.8, 4) is 17.2 Å². The molecular formula is C21H24FN3O3. The molecule has 3 aliphatic rings. The third kappa shape index (κ3) is 3.09. The second-order valence-electron chi connectivity index (χ2n) is 7.60. The minimum atomic E-state index is -0.156. The van der Waals surface area contributed by atoms with Crippen molar-refractivity contribution in [1.82, 2.24) is 15.8 Å². The lowest BCUT2D eigenvalue weighted by Crippen LogP contribution is -2.45. The number of fused-ring (bicyclic) bond motifs is 2. The van der Waals surface area contributed by atoms with Crippen LogP contribution in [0.5, 0.6) is 17.2 Å². The molecule has 2 fully saturated rings. The van der Waals surface area contributed by atoms with Crippen LogP contribution in [0.1, 0.15) is 23.6 Å². The number of likely N-dealkylation sites (tertiary alicyclic amines) is 1. The number of hydrogen-bond acceptors (Lipinski definition) is 6. The fourth-order valence-corrected chi connectivity index (χ4v) is 4.57. The van der Waals surface area contributed by atoms with E-state index < -0.39 is 0 Å². The van der Waals surface area contributed by atoms with Crippen molar-refractivity contribution in [2.24, 2.45) is 5.92 Å². The number of piperidine rings is 1. The van der Waals surface area contributed by atoms with Gasteiger partial charge in [-0.2, -0.15) is 0 Å². The van der Waals surface area contributed by atoms with Crippen LogP contribution in [-0.2, 0) is 6.54 Å². The highest BCUT2D eigenvalue weighted by atomic mass is 19.1. The lowest BCUT2D eigenvalue weighted by atomic mass is 9.84. The molecule has 5 rings (SSSR count). The van der Waals surface area contributed by atoms with E-state index in [9.17, 15) is 4.39 Å². The van der Waals surface area contributed by atoms with Gasteiger partial charge in [-0.3, -0.25) is 10.3 Å². The van der Waals surface area contributed by atoms with Crippen molar-refractivity contribution in [1.29, 1.82) is 0 Å². The monoisotopic (exact) mass is 385 g/mol. The molecule has 3 aliphatic heterocycles. The van der Waals surface area contributed by atoms with Crippen LogP contribution in [-0.4, -0.2) is 37.9 Å². The fraction of sp³-hybridized carbons (Fsp3) is 0.429. The molecule has 3 heterocycles. The van der Waals surface area contributed by atoms with Gasteiger partial charge >= 0.3 is 0 Å². The smallest absolute Gasteiger partial charge is 0.231 e. The standard InChI is InChI=1S/C21H24FN3O3/c1-26-18-9-20-19(27-12-28-20)8-13(18)10-25-7-6-17-15(11-25)21(24-23-17)14-4-2-3-5-16(14)22/h2-5,8-9,15,17,21,23-24H,6-7,10-12H2,1H3. The average Bonchev–Trinajstić information content (AvgIpc) is 3.34. The van der Waals surface area contributed by atoms with Crippen LogP contribution in [0.4, 0.5) is 4.39 Å². The van der Waals surface area contributed by atoms with Gasteiger partial charge in [0.25, 0.3) is 0 Å². The molecule has 6 nitrogen and oxygen atoms in total. The van der Waals surface area contributed by atoms with Crippen LogP contribution in [0.3, 0.4) is 0 Å². The first-order chi connectivity index (χ1) is 13.7. The van der Waals surface area contributed by atoms with Crippen molar-refractivity contribution in [3.05, 3.63) is 53.3 Å². The van der Waals surface area contributed by atoms with Crippen molar-refractivity contribution in [2.45, 2.75) is 25.0 Å². The van der Waals surface area contributed by atoms with Crippen molar-refractivity contribution < 1.29 is 18.6 Å². The van der Waals surface area contributed by atoms with E-state index in [1.165, 1.54) is 6.07 Å². The number of methoxy groups -OCH3 is 1. The molecule has 28 heavy (non-hydrogen) atoms. The van der Waals surface area contributed by atoms with E-state index in [4.69, 9.17) is 14.2 Å². The summed E-state index contributed by atoms with van der Waals surface area (Å²) in [7, 11) is 1.67.